The third-order valence-corrected chi connectivity index (χ3v) is 8.10. The highest BCUT2D eigenvalue weighted by Gasteiger charge is 2.44. The Balaban J connectivity index is 1.38. The van der Waals surface area contributed by atoms with Gasteiger partial charge in [-0.25, -0.2) is 13.2 Å². The minimum atomic E-state index is -1.34. The van der Waals surface area contributed by atoms with Crippen LogP contribution in [-0.4, -0.2) is 0 Å². The van der Waals surface area contributed by atoms with Crippen molar-refractivity contribution in [1.82, 2.24) is 0 Å². The molecule has 0 amide bonds. The van der Waals surface area contributed by atoms with E-state index < -0.39 is 17.5 Å². The molecule has 0 N–H and O–H groups in total. The van der Waals surface area contributed by atoms with Gasteiger partial charge in [0.05, 0.1) is 0 Å². The van der Waals surface area contributed by atoms with E-state index >= 15 is 0 Å². The minimum Gasteiger partial charge on any atom is -0.204 e. The van der Waals surface area contributed by atoms with Gasteiger partial charge in [0.1, 0.15) is 0 Å². The van der Waals surface area contributed by atoms with Crippen molar-refractivity contribution < 1.29 is 13.2 Å². The Morgan fingerprint density at radius 3 is 2.18 bits per heavy atom. The van der Waals surface area contributed by atoms with Crippen molar-refractivity contribution in [3.8, 4) is 0 Å². The molecule has 0 saturated heterocycles. The predicted octanol–water partition coefficient (Wildman–Crippen LogP) is 7.79. The lowest BCUT2D eigenvalue weighted by Gasteiger charge is -2.51. The predicted molar refractivity (Wildman–Crippen MR) is 107 cm³/mol. The number of hydrogen-bond donors (Lipinski definition) is 0. The quantitative estimate of drug-likeness (QED) is 0.363. The average Bonchev–Trinajstić information content (AvgIpc) is 2.71. The van der Waals surface area contributed by atoms with Gasteiger partial charge in [-0.05, 0) is 118 Å². The van der Waals surface area contributed by atoms with Crippen LogP contribution in [0.15, 0.2) is 24.3 Å². The molecule has 1 unspecified atom stereocenters. The van der Waals surface area contributed by atoms with E-state index in [0.29, 0.717) is 11.5 Å². The van der Waals surface area contributed by atoms with E-state index in [1.165, 1.54) is 63.5 Å². The van der Waals surface area contributed by atoms with Crippen LogP contribution < -0.4 is 0 Å². The standard InChI is InChI=1S/C25H33F3/c1-2-3-4-5-16-6-10-21-18(12-16)7-8-19-13-17(9-11-22(19)21)20-14-23(26)25(28)24(27)15-20/h2-3,14-19,21-22H,4-13H2,1H3/b3-2+/t16-,17?,18-,19+,21+,22+/m1/s1. The van der Waals surface area contributed by atoms with E-state index in [9.17, 15) is 13.2 Å². The third kappa shape index (κ3) is 4.04. The molecule has 0 aromatic heterocycles. The first kappa shape index (κ1) is 20.0. The summed E-state index contributed by atoms with van der Waals surface area (Å²) in [6.45, 7) is 2.10. The van der Waals surface area contributed by atoms with Crippen molar-refractivity contribution in [2.24, 2.45) is 29.6 Å². The monoisotopic (exact) mass is 390 g/mol. The molecule has 3 aliphatic rings. The molecule has 4 rings (SSSR count). The summed E-state index contributed by atoms with van der Waals surface area (Å²) in [5.74, 6) is 0.868. The molecule has 0 spiro atoms. The summed E-state index contributed by atoms with van der Waals surface area (Å²) < 4.78 is 40.7. The first-order valence-corrected chi connectivity index (χ1v) is 11.3. The van der Waals surface area contributed by atoms with Crippen LogP contribution in [0, 0.1) is 47.0 Å². The topological polar surface area (TPSA) is 0 Å². The van der Waals surface area contributed by atoms with Crippen molar-refractivity contribution in [2.45, 2.75) is 77.0 Å². The van der Waals surface area contributed by atoms with Gasteiger partial charge in [0.25, 0.3) is 0 Å². The maximum absolute atomic E-state index is 13.7. The van der Waals surface area contributed by atoms with Gasteiger partial charge in [0.15, 0.2) is 17.5 Å². The Bertz CT molecular complexity index is 687. The highest BCUT2D eigenvalue weighted by molar-refractivity contribution is 5.24. The Labute approximate surface area is 167 Å². The zero-order valence-corrected chi connectivity index (χ0v) is 17.0. The van der Waals surface area contributed by atoms with Gasteiger partial charge in [0.2, 0.25) is 0 Å². The fraction of sp³-hybridized carbons (Fsp3) is 0.680. The minimum absolute atomic E-state index is 0.180. The van der Waals surface area contributed by atoms with E-state index in [-0.39, 0.29) is 5.92 Å². The molecule has 0 radical (unpaired) electrons. The molecule has 0 aliphatic heterocycles. The zero-order chi connectivity index (χ0) is 19.7. The van der Waals surface area contributed by atoms with Crippen LogP contribution in [0.5, 0.6) is 0 Å². The van der Waals surface area contributed by atoms with Gasteiger partial charge in [-0.15, -0.1) is 0 Å². The lowest BCUT2D eigenvalue weighted by Crippen LogP contribution is -2.41. The van der Waals surface area contributed by atoms with Gasteiger partial charge in [-0.3, -0.25) is 0 Å². The Hall–Kier alpha value is -1.25. The van der Waals surface area contributed by atoms with Crippen molar-refractivity contribution in [3.05, 3.63) is 47.3 Å². The molecule has 3 heteroatoms. The fourth-order valence-electron chi connectivity index (χ4n) is 6.77. The summed E-state index contributed by atoms with van der Waals surface area (Å²) in [5.41, 5.74) is 0.657. The molecular weight excluding hydrogens is 357 g/mol. The van der Waals surface area contributed by atoms with Crippen LogP contribution in [0.4, 0.5) is 13.2 Å². The van der Waals surface area contributed by atoms with Crippen molar-refractivity contribution in [1.29, 1.82) is 0 Å². The van der Waals surface area contributed by atoms with Gasteiger partial charge >= 0.3 is 0 Å². The second-order valence-corrected chi connectivity index (χ2v) is 9.56. The van der Waals surface area contributed by atoms with Crippen molar-refractivity contribution in [2.75, 3.05) is 0 Å². The summed E-state index contributed by atoms with van der Waals surface area (Å²) in [6.07, 6.45) is 16.9. The number of fused-ring (bicyclic) bond motifs is 3. The van der Waals surface area contributed by atoms with Gasteiger partial charge < -0.3 is 0 Å². The van der Waals surface area contributed by atoms with E-state index in [1.807, 2.05) is 0 Å². The van der Waals surface area contributed by atoms with Crippen molar-refractivity contribution >= 4 is 0 Å². The number of benzene rings is 1. The number of halogens is 3. The largest absolute Gasteiger partial charge is 0.204 e. The molecule has 3 aliphatic carbocycles. The second kappa shape index (κ2) is 8.63. The summed E-state index contributed by atoms with van der Waals surface area (Å²) in [5, 5.41) is 0. The van der Waals surface area contributed by atoms with Gasteiger partial charge in [-0.2, -0.15) is 0 Å². The highest BCUT2D eigenvalue weighted by Crippen LogP contribution is 2.55. The maximum atomic E-state index is 13.7. The van der Waals surface area contributed by atoms with Crippen LogP contribution in [0.25, 0.3) is 0 Å². The molecule has 1 aromatic rings. The summed E-state index contributed by atoms with van der Waals surface area (Å²) in [4.78, 5) is 0. The molecule has 154 valence electrons. The highest BCUT2D eigenvalue weighted by atomic mass is 19.2. The van der Waals surface area contributed by atoms with Crippen LogP contribution >= 0.6 is 0 Å². The summed E-state index contributed by atoms with van der Waals surface area (Å²) >= 11 is 0. The summed E-state index contributed by atoms with van der Waals surface area (Å²) in [6, 6.07) is 2.45. The molecule has 3 saturated carbocycles. The SMILES string of the molecule is C/C=C/CC[C@@H]1CC[C@H]2[C@H](CC[C@H]3CC(c4cc(F)c(F)c(F)c4)CC[C@@H]32)C1. The molecule has 28 heavy (non-hydrogen) atoms. The summed E-state index contributed by atoms with van der Waals surface area (Å²) in [7, 11) is 0. The Morgan fingerprint density at radius 1 is 0.857 bits per heavy atom. The lowest BCUT2D eigenvalue weighted by molar-refractivity contribution is 0.00561. The third-order valence-electron chi connectivity index (χ3n) is 8.10. The lowest BCUT2D eigenvalue weighted by atomic mass is 9.55. The van der Waals surface area contributed by atoms with Crippen LogP contribution in [0.1, 0.15) is 82.6 Å². The number of allylic oxidation sites excluding steroid dienone is 2. The zero-order valence-electron chi connectivity index (χ0n) is 17.0. The van der Waals surface area contributed by atoms with Gasteiger partial charge in [0, 0.05) is 0 Å². The molecule has 3 fully saturated rings. The number of hydrogen-bond acceptors (Lipinski definition) is 0. The second-order valence-electron chi connectivity index (χ2n) is 9.56. The molecule has 0 heterocycles. The fourth-order valence-corrected chi connectivity index (χ4v) is 6.77. The molecule has 0 nitrogen and oxygen atoms in total. The maximum Gasteiger partial charge on any atom is 0.194 e. The van der Waals surface area contributed by atoms with Crippen molar-refractivity contribution in [3.63, 3.8) is 0 Å². The molecule has 0 bridgehead atoms. The average molecular weight is 391 g/mol. The first-order chi connectivity index (χ1) is 13.6. The van der Waals surface area contributed by atoms with Gasteiger partial charge in [-0.1, -0.05) is 18.6 Å². The molecule has 6 atom stereocenters. The first-order valence-electron chi connectivity index (χ1n) is 11.3. The van der Waals surface area contributed by atoms with E-state index in [4.69, 9.17) is 0 Å². The Morgan fingerprint density at radius 2 is 1.50 bits per heavy atom. The number of rotatable bonds is 4. The Kier molecular flexibility index (Phi) is 6.18. The van der Waals surface area contributed by atoms with Crippen LogP contribution in [-0.2, 0) is 0 Å². The molecular formula is C25H33F3. The van der Waals surface area contributed by atoms with E-state index in [1.54, 1.807) is 0 Å². The normalized spacial score (nSPS) is 35.6. The van der Waals surface area contributed by atoms with E-state index in [0.717, 1.165) is 36.5 Å². The van der Waals surface area contributed by atoms with Crippen LogP contribution in [0.2, 0.25) is 0 Å². The van der Waals surface area contributed by atoms with Crippen LogP contribution in [0.3, 0.4) is 0 Å². The van der Waals surface area contributed by atoms with E-state index in [2.05, 4.69) is 19.1 Å². The smallest absolute Gasteiger partial charge is 0.194 e. The molecule has 1 aromatic carbocycles.